The van der Waals surface area contributed by atoms with Crippen molar-refractivity contribution in [2.45, 2.75) is 31.0 Å². The zero-order valence-electron chi connectivity index (χ0n) is 16.2. The fraction of sp³-hybridized carbons (Fsp3) is 0.350. The lowest BCUT2D eigenvalue weighted by Crippen LogP contribution is -2.48. The topological polar surface area (TPSA) is 79.0 Å². The van der Waals surface area contributed by atoms with Crippen LogP contribution in [0.3, 0.4) is 0 Å². The number of hydrazine groups is 1. The number of rotatable bonds is 5. The van der Waals surface area contributed by atoms with Crippen LogP contribution in [-0.2, 0) is 14.8 Å². The highest BCUT2D eigenvalue weighted by Gasteiger charge is 2.32. The summed E-state index contributed by atoms with van der Waals surface area (Å²) in [6.07, 6.45) is -0.311. The lowest BCUT2D eigenvalue weighted by atomic mass is 10.2. The van der Waals surface area contributed by atoms with Crippen molar-refractivity contribution in [3.63, 3.8) is 0 Å². The highest BCUT2D eigenvalue weighted by molar-refractivity contribution is 7.89. The van der Waals surface area contributed by atoms with E-state index in [1.54, 1.807) is 12.1 Å². The minimum atomic E-state index is -3.63. The van der Waals surface area contributed by atoms with Crippen molar-refractivity contribution in [2.24, 2.45) is 0 Å². The van der Waals surface area contributed by atoms with Gasteiger partial charge >= 0.3 is 0 Å². The van der Waals surface area contributed by atoms with Gasteiger partial charge in [-0.25, -0.2) is 8.42 Å². The molecule has 1 aliphatic rings. The Morgan fingerprint density at radius 1 is 1.04 bits per heavy atom. The minimum absolute atomic E-state index is 0.155. The van der Waals surface area contributed by atoms with Gasteiger partial charge in [0.25, 0.3) is 5.91 Å². The van der Waals surface area contributed by atoms with E-state index in [0.717, 1.165) is 5.69 Å². The molecule has 0 radical (unpaired) electrons. The lowest BCUT2D eigenvalue weighted by Gasteiger charge is -2.34. The second-order valence-corrected chi connectivity index (χ2v) is 8.88. The summed E-state index contributed by atoms with van der Waals surface area (Å²) in [4.78, 5) is 12.6. The summed E-state index contributed by atoms with van der Waals surface area (Å²) < 4.78 is 32.8. The van der Waals surface area contributed by atoms with Crippen LogP contribution < -0.4 is 10.4 Å². The standard InChI is InChI=1S/C20H25N3O4S/c1-15-13-23(14-16(2)27-15)28(25,26)19-11-9-17(10-12-19)20(24)21-22(3)18-7-5-4-6-8-18/h4-12,15-16H,13-14H2,1-3H3,(H,21,24)/t15-,16+. The number of anilines is 1. The van der Waals surface area contributed by atoms with Gasteiger partial charge in [-0.05, 0) is 50.2 Å². The molecule has 3 rings (SSSR count). The molecular formula is C20H25N3O4S. The van der Waals surface area contributed by atoms with E-state index >= 15 is 0 Å². The molecule has 0 spiro atoms. The molecule has 150 valence electrons. The van der Waals surface area contributed by atoms with Crippen molar-refractivity contribution in [1.82, 2.24) is 9.73 Å². The normalized spacial score (nSPS) is 20.5. The number of hydrogen-bond donors (Lipinski definition) is 1. The summed E-state index contributed by atoms with van der Waals surface area (Å²) in [6, 6.07) is 15.4. The number of sulfonamides is 1. The second kappa shape index (κ2) is 8.30. The maximum atomic E-state index is 12.9. The number of amides is 1. The van der Waals surface area contributed by atoms with E-state index in [0.29, 0.717) is 18.7 Å². The summed E-state index contributed by atoms with van der Waals surface area (Å²) in [6.45, 7) is 4.34. The Balaban J connectivity index is 1.71. The fourth-order valence-electron chi connectivity index (χ4n) is 3.19. The SMILES string of the molecule is C[C@@H]1CN(S(=O)(=O)c2ccc(C(=O)NN(C)c3ccccc3)cc2)C[C@H](C)O1. The molecule has 1 heterocycles. The number of carbonyl (C=O) groups is 1. The molecule has 8 heteroatoms. The van der Waals surface area contributed by atoms with E-state index in [-0.39, 0.29) is 23.0 Å². The highest BCUT2D eigenvalue weighted by Crippen LogP contribution is 2.21. The van der Waals surface area contributed by atoms with Gasteiger partial charge in [-0.2, -0.15) is 4.31 Å². The summed E-state index contributed by atoms with van der Waals surface area (Å²) in [7, 11) is -1.88. The number of para-hydroxylation sites is 1. The van der Waals surface area contributed by atoms with Gasteiger partial charge in [0.2, 0.25) is 10.0 Å². The lowest BCUT2D eigenvalue weighted by molar-refractivity contribution is -0.0440. The molecule has 1 fully saturated rings. The maximum Gasteiger partial charge on any atom is 0.269 e. The Kier molecular flexibility index (Phi) is 6.02. The number of morpholine rings is 1. The van der Waals surface area contributed by atoms with Crippen molar-refractivity contribution >= 4 is 21.6 Å². The third-order valence-corrected chi connectivity index (χ3v) is 6.40. The van der Waals surface area contributed by atoms with Crippen molar-refractivity contribution in [1.29, 1.82) is 0 Å². The first-order valence-corrected chi connectivity index (χ1v) is 10.6. The van der Waals surface area contributed by atoms with Crippen LogP contribution in [-0.4, -0.2) is 51.0 Å². The molecule has 7 nitrogen and oxygen atoms in total. The summed E-state index contributed by atoms with van der Waals surface area (Å²) in [5.74, 6) is -0.316. The molecule has 0 aliphatic carbocycles. The van der Waals surface area contributed by atoms with E-state index in [4.69, 9.17) is 4.74 Å². The third kappa shape index (κ3) is 4.52. The third-order valence-electron chi connectivity index (χ3n) is 4.55. The first-order valence-electron chi connectivity index (χ1n) is 9.13. The number of nitrogens with zero attached hydrogens (tertiary/aromatic N) is 2. The van der Waals surface area contributed by atoms with Crippen LogP contribution in [0.2, 0.25) is 0 Å². The summed E-state index contributed by atoms with van der Waals surface area (Å²) in [5, 5.41) is 1.61. The number of benzene rings is 2. The zero-order chi connectivity index (χ0) is 20.3. The molecule has 1 aliphatic heterocycles. The van der Waals surface area contributed by atoms with E-state index in [1.807, 2.05) is 44.2 Å². The molecule has 1 saturated heterocycles. The Bertz CT molecular complexity index is 906. The smallest absolute Gasteiger partial charge is 0.269 e. The van der Waals surface area contributed by atoms with Gasteiger partial charge in [0.15, 0.2) is 0 Å². The fourth-order valence-corrected chi connectivity index (χ4v) is 4.78. The number of hydrogen-bond acceptors (Lipinski definition) is 5. The van der Waals surface area contributed by atoms with Gasteiger partial charge in [0.1, 0.15) is 0 Å². The van der Waals surface area contributed by atoms with Crippen LogP contribution in [0, 0.1) is 0 Å². The highest BCUT2D eigenvalue weighted by atomic mass is 32.2. The molecule has 2 aromatic rings. The molecule has 2 aromatic carbocycles. The minimum Gasteiger partial charge on any atom is -0.373 e. The van der Waals surface area contributed by atoms with Crippen LogP contribution >= 0.6 is 0 Å². The van der Waals surface area contributed by atoms with E-state index in [9.17, 15) is 13.2 Å². The molecule has 1 N–H and O–H groups in total. The number of ether oxygens (including phenoxy) is 1. The van der Waals surface area contributed by atoms with Crippen LogP contribution in [0.4, 0.5) is 5.69 Å². The average Bonchev–Trinajstić information content (AvgIpc) is 2.68. The monoisotopic (exact) mass is 403 g/mol. The molecule has 2 atom stereocenters. The molecule has 1 amide bonds. The Labute approximate surface area is 165 Å². The van der Waals surface area contributed by atoms with Gasteiger partial charge in [-0.3, -0.25) is 15.2 Å². The summed E-state index contributed by atoms with van der Waals surface area (Å²) >= 11 is 0. The van der Waals surface area contributed by atoms with E-state index in [1.165, 1.54) is 28.6 Å². The molecule has 0 aromatic heterocycles. The average molecular weight is 404 g/mol. The Hall–Kier alpha value is -2.42. The summed E-state index contributed by atoms with van der Waals surface area (Å²) in [5.41, 5.74) is 3.98. The van der Waals surface area contributed by atoms with E-state index in [2.05, 4.69) is 5.43 Å². The predicted molar refractivity (Wildman–Crippen MR) is 108 cm³/mol. The number of nitrogens with one attached hydrogen (secondary N) is 1. The Morgan fingerprint density at radius 3 is 2.18 bits per heavy atom. The quantitative estimate of drug-likeness (QED) is 0.775. The molecular weight excluding hydrogens is 378 g/mol. The molecule has 0 saturated carbocycles. The number of carbonyl (C=O) groups excluding carboxylic acids is 1. The zero-order valence-corrected chi connectivity index (χ0v) is 17.0. The second-order valence-electron chi connectivity index (χ2n) is 6.94. The van der Waals surface area contributed by atoms with Crippen molar-refractivity contribution in [3.8, 4) is 0 Å². The molecule has 0 unspecified atom stereocenters. The van der Waals surface area contributed by atoms with Crippen LogP contribution in [0.1, 0.15) is 24.2 Å². The molecule has 0 bridgehead atoms. The van der Waals surface area contributed by atoms with Crippen LogP contribution in [0.25, 0.3) is 0 Å². The largest absolute Gasteiger partial charge is 0.373 e. The van der Waals surface area contributed by atoms with Gasteiger partial charge < -0.3 is 4.74 Å². The predicted octanol–water partition coefficient (Wildman–Crippen LogP) is 2.27. The van der Waals surface area contributed by atoms with Gasteiger partial charge in [0.05, 0.1) is 22.8 Å². The first kappa shape index (κ1) is 20.3. The van der Waals surface area contributed by atoms with E-state index < -0.39 is 10.0 Å². The molecule has 28 heavy (non-hydrogen) atoms. The maximum absolute atomic E-state index is 12.9. The van der Waals surface area contributed by atoms with Gasteiger partial charge in [-0.1, -0.05) is 18.2 Å². The van der Waals surface area contributed by atoms with Crippen LogP contribution in [0.15, 0.2) is 59.5 Å². The van der Waals surface area contributed by atoms with Gasteiger partial charge in [0, 0.05) is 25.7 Å². The van der Waals surface area contributed by atoms with Crippen LogP contribution in [0.5, 0.6) is 0 Å². The van der Waals surface area contributed by atoms with Gasteiger partial charge in [-0.15, -0.1) is 0 Å². The first-order chi connectivity index (χ1) is 13.3. The van der Waals surface area contributed by atoms with Crippen molar-refractivity contribution < 1.29 is 17.9 Å². The van der Waals surface area contributed by atoms with Crippen molar-refractivity contribution in [3.05, 3.63) is 60.2 Å². The Morgan fingerprint density at radius 2 is 1.61 bits per heavy atom. The van der Waals surface area contributed by atoms with Crippen molar-refractivity contribution in [2.75, 3.05) is 25.1 Å².